The number of hydrogen-bond donors (Lipinski definition) is 1. The predicted molar refractivity (Wildman–Crippen MR) is 113 cm³/mol. The molecule has 0 aliphatic carbocycles. The summed E-state index contributed by atoms with van der Waals surface area (Å²) >= 11 is 12.2. The Morgan fingerprint density at radius 2 is 1.90 bits per heavy atom. The quantitative estimate of drug-likeness (QED) is 0.676. The fourth-order valence-electron chi connectivity index (χ4n) is 3.03. The predicted octanol–water partition coefficient (Wildman–Crippen LogP) is 4.55. The number of carbonyl (C=O) groups is 3. The van der Waals surface area contributed by atoms with Crippen molar-refractivity contribution in [2.24, 2.45) is 5.92 Å². The standard InChI is InChI=1S/C21H20Cl2N2O4/c1-2-10-29-21(28)13-6-8-15(9-7-13)24-20(27)14-11-18(26)25(12-14)17-5-3-4-16(22)19(17)23/h3-9,14H,2,10-12H2,1H3,(H,24,27)/t14-/m0/s1. The van der Waals surface area contributed by atoms with Crippen molar-refractivity contribution in [3.8, 4) is 0 Å². The Balaban J connectivity index is 1.63. The van der Waals surface area contributed by atoms with Gasteiger partial charge in [0.2, 0.25) is 11.8 Å². The van der Waals surface area contributed by atoms with E-state index in [0.717, 1.165) is 6.42 Å². The molecule has 1 aliphatic rings. The van der Waals surface area contributed by atoms with Crippen molar-refractivity contribution >= 4 is 52.4 Å². The lowest BCUT2D eigenvalue weighted by atomic mass is 10.1. The molecule has 0 aromatic heterocycles. The van der Waals surface area contributed by atoms with Crippen LogP contribution in [0.25, 0.3) is 0 Å². The molecule has 1 aliphatic heterocycles. The molecule has 1 saturated heterocycles. The molecular formula is C21H20Cl2N2O4. The highest BCUT2D eigenvalue weighted by Gasteiger charge is 2.36. The Morgan fingerprint density at radius 1 is 1.17 bits per heavy atom. The van der Waals surface area contributed by atoms with Crippen LogP contribution in [-0.4, -0.2) is 30.9 Å². The van der Waals surface area contributed by atoms with Crippen molar-refractivity contribution in [2.45, 2.75) is 19.8 Å². The minimum atomic E-state index is -0.522. The van der Waals surface area contributed by atoms with Gasteiger partial charge in [0, 0.05) is 18.7 Å². The van der Waals surface area contributed by atoms with E-state index in [0.29, 0.717) is 28.6 Å². The second-order valence-corrected chi connectivity index (χ2v) is 7.47. The van der Waals surface area contributed by atoms with Gasteiger partial charge in [-0.3, -0.25) is 9.59 Å². The van der Waals surface area contributed by atoms with Gasteiger partial charge in [-0.25, -0.2) is 4.79 Å². The fourth-order valence-corrected chi connectivity index (χ4v) is 3.43. The van der Waals surface area contributed by atoms with Crippen LogP contribution in [0.15, 0.2) is 42.5 Å². The average Bonchev–Trinajstić information content (AvgIpc) is 3.10. The number of nitrogens with one attached hydrogen (secondary N) is 1. The van der Waals surface area contributed by atoms with E-state index in [9.17, 15) is 14.4 Å². The van der Waals surface area contributed by atoms with Crippen molar-refractivity contribution in [1.82, 2.24) is 0 Å². The van der Waals surface area contributed by atoms with Crippen molar-refractivity contribution in [3.63, 3.8) is 0 Å². The molecule has 0 saturated carbocycles. The van der Waals surface area contributed by atoms with Crippen molar-refractivity contribution in [3.05, 3.63) is 58.1 Å². The lowest BCUT2D eigenvalue weighted by Gasteiger charge is -2.18. The molecule has 0 unspecified atom stereocenters. The molecule has 2 aromatic rings. The molecular weight excluding hydrogens is 415 g/mol. The molecule has 2 aromatic carbocycles. The zero-order chi connectivity index (χ0) is 21.0. The van der Waals surface area contributed by atoms with Gasteiger partial charge in [-0.2, -0.15) is 0 Å². The van der Waals surface area contributed by atoms with E-state index in [1.165, 1.54) is 4.90 Å². The van der Waals surface area contributed by atoms with Crippen LogP contribution in [0.5, 0.6) is 0 Å². The van der Waals surface area contributed by atoms with Gasteiger partial charge in [0.05, 0.1) is 33.8 Å². The fraction of sp³-hybridized carbons (Fsp3) is 0.286. The highest BCUT2D eigenvalue weighted by Crippen LogP contribution is 2.35. The molecule has 1 atom stereocenters. The number of hydrogen-bond acceptors (Lipinski definition) is 4. The Bertz CT molecular complexity index is 931. The molecule has 1 fully saturated rings. The third kappa shape index (κ3) is 4.89. The van der Waals surface area contributed by atoms with Crippen LogP contribution >= 0.6 is 23.2 Å². The maximum atomic E-state index is 12.6. The third-order valence-corrected chi connectivity index (χ3v) is 5.35. The molecule has 8 heteroatoms. The lowest BCUT2D eigenvalue weighted by Crippen LogP contribution is -2.28. The van der Waals surface area contributed by atoms with E-state index < -0.39 is 11.9 Å². The Hall–Kier alpha value is -2.57. The molecule has 0 bridgehead atoms. The highest BCUT2D eigenvalue weighted by molar-refractivity contribution is 6.44. The average molecular weight is 435 g/mol. The molecule has 0 spiro atoms. The zero-order valence-corrected chi connectivity index (χ0v) is 17.3. The SMILES string of the molecule is CCCOC(=O)c1ccc(NC(=O)[C@H]2CC(=O)N(c3cccc(Cl)c3Cl)C2)cc1. The van der Waals surface area contributed by atoms with E-state index in [-0.39, 0.29) is 29.8 Å². The summed E-state index contributed by atoms with van der Waals surface area (Å²) in [6.07, 6.45) is 0.827. The van der Waals surface area contributed by atoms with Crippen LogP contribution in [0.1, 0.15) is 30.1 Å². The molecule has 3 rings (SSSR count). The first-order valence-corrected chi connectivity index (χ1v) is 9.98. The van der Waals surface area contributed by atoms with Crippen LogP contribution in [0.3, 0.4) is 0 Å². The summed E-state index contributed by atoms with van der Waals surface area (Å²) in [5.74, 6) is -1.39. The molecule has 152 valence electrons. The van der Waals surface area contributed by atoms with Gasteiger partial charge in [-0.15, -0.1) is 0 Å². The van der Waals surface area contributed by atoms with Gasteiger partial charge < -0.3 is 15.0 Å². The van der Waals surface area contributed by atoms with Crippen LogP contribution in [0.2, 0.25) is 10.0 Å². The van der Waals surface area contributed by atoms with Crippen molar-refractivity contribution < 1.29 is 19.1 Å². The summed E-state index contributed by atoms with van der Waals surface area (Å²) in [7, 11) is 0. The second-order valence-electron chi connectivity index (χ2n) is 6.68. The summed E-state index contributed by atoms with van der Waals surface area (Å²) in [5.41, 5.74) is 1.44. The van der Waals surface area contributed by atoms with Crippen LogP contribution in [-0.2, 0) is 14.3 Å². The van der Waals surface area contributed by atoms with Gasteiger partial charge >= 0.3 is 5.97 Å². The number of carbonyl (C=O) groups excluding carboxylic acids is 3. The second kappa shape index (κ2) is 9.29. The molecule has 6 nitrogen and oxygen atoms in total. The highest BCUT2D eigenvalue weighted by atomic mass is 35.5. The Labute approximate surface area is 178 Å². The number of esters is 1. The monoisotopic (exact) mass is 434 g/mol. The number of anilines is 2. The maximum Gasteiger partial charge on any atom is 0.338 e. The number of nitrogens with zero attached hydrogens (tertiary/aromatic N) is 1. The summed E-state index contributed by atoms with van der Waals surface area (Å²) in [6, 6.07) is 11.5. The van der Waals surface area contributed by atoms with E-state index in [1.807, 2.05) is 6.92 Å². The molecule has 29 heavy (non-hydrogen) atoms. The largest absolute Gasteiger partial charge is 0.462 e. The molecule has 1 N–H and O–H groups in total. The Kier molecular flexibility index (Phi) is 6.77. The van der Waals surface area contributed by atoms with E-state index in [2.05, 4.69) is 5.32 Å². The number of benzene rings is 2. The maximum absolute atomic E-state index is 12.6. The third-order valence-electron chi connectivity index (χ3n) is 4.54. The van der Waals surface area contributed by atoms with Gasteiger partial charge in [-0.05, 0) is 42.8 Å². The van der Waals surface area contributed by atoms with Crippen LogP contribution < -0.4 is 10.2 Å². The van der Waals surface area contributed by atoms with Crippen LogP contribution in [0.4, 0.5) is 11.4 Å². The number of amides is 2. The minimum absolute atomic E-state index is 0.0795. The van der Waals surface area contributed by atoms with E-state index in [1.54, 1.807) is 42.5 Å². The van der Waals surface area contributed by atoms with Gasteiger partial charge in [0.1, 0.15) is 0 Å². The summed E-state index contributed by atoms with van der Waals surface area (Å²) in [6.45, 7) is 2.49. The Morgan fingerprint density at radius 3 is 2.59 bits per heavy atom. The number of rotatable bonds is 6. The van der Waals surface area contributed by atoms with Crippen LogP contribution in [0, 0.1) is 5.92 Å². The first-order valence-electron chi connectivity index (χ1n) is 9.23. The van der Waals surface area contributed by atoms with Crippen molar-refractivity contribution in [1.29, 1.82) is 0 Å². The summed E-state index contributed by atoms with van der Waals surface area (Å²) in [4.78, 5) is 38.3. The topological polar surface area (TPSA) is 75.7 Å². The van der Waals surface area contributed by atoms with Gasteiger partial charge in [-0.1, -0.05) is 36.2 Å². The first kappa shape index (κ1) is 21.1. The number of halogens is 2. The minimum Gasteiger partial charge on any atom is -0.462 e. The smallest absolute Gasteiger partial charge is 0.338 e. The summed E-state index contributed by atoms with van der Waals surface area (Å²) in [5, 5.41) is 3.42. The lowest BCUT2D eigenvalue weighted by molar-refractivity contribution is -0.122. The summed E-state index contributed by atoms with van der Waals surface area (Å²) < 4.78 is 5.07. The molecule has 0 radical (unpaired) electrons. The molecule has 1 heterocycles. The van der Waals surface area contributed by atoms with Crippen molar-refractivity contribution in [2.75, 3.05) is 23.4 Å². The normalized spacial score (nSPS) is 16.0. The molecule has 2 amide bonds. The van der Waals surface area contributed by atoms with E-state index >= 15 is 0 Å². The zero-order valence-electron chi connectivity index (χ0n) is 15.8. The van der Waals surface area contributed by atoms with Gasteiger partial charge in [0.15, 0.2) is 0 Å². The first-order chi connectivity index (χ1) is 13.9. The number of ether oxygens (including phenoxy) is 1. The van der Waals surface area contributed by atoms with Gasteiger partial charge in [0.25, 0.3) is 0 Å². The van der Waals surface area contributed by atoms with E-state index in [4.69, 9.17) is 27.9 Å².